The Kier molecular flexibility index (Phi) is 3.55. The van der Waals surface area contributed by atoms with E-state index in [0.29, 0.717) is 11.4 Å². The van der Waals surface area contributed by atoms with Crippen LogP contribution in [0.25, 0.3) is 5.69 Å². The Morgan fingerprint density at radius 3 is 2.29 bits per heavy atom. The maximum atomic E-state index is 11.1. The molecule has 6 nitrogen and oxygen atoms in total. The van der Waals surface area contributed by atoms with Gasteiger partial charge in [-0.3, -0.25) is 0 Å². The van der Waals surface area contributed by atoms with E-state index < -0.39 is 11.9 Å². The average molecular weight is 288 g/mol. The molecule has 2 aromatic rings. The molecule has 21 heavy (non-hydrogen) atoms. The zero-order valence-corrected chi connectivity index (χ0v) is 12.0. The number of hydrogen-bond acceptors (Lipinski definition) is 3. The van der Waals surface area contributed by atoms with Gasteiger partial charge < -0.3 is 10.2 Å². The van der Waals surface area contributed by atoms with Crippen molar-refractivity contribution >= 4 is 11.9 Å². The van der Waals surface area contributed by atoms with Gasteiger partial charge in [-0.25, -0.2) is 14.3 Å². The van der Waals surface area contributed by atoms with E-state index >= 15 is 0 Å². The van der Waals surface area contributed by atoms with E-state index in [4.69, 9.17) is 10.2 Å². The number of carbonyl (C=O) groups is 2. The number of hydrogen-bond donors (Lipinski definition) is 2. The first-order valence-corrected chi connectivity index (χ1v) is 6.37. The second-order valence-corrected chi connectivity index (χ2v) is 5.74. The van der Waals surface area contributed by atoms with Gasteiger partial charge in [-0.05, 0) is 24.3 Å². The summed E-state index contributed by atoms with van der Waals surface area (Å²) < 4.78 is 1.48. The molecule has 0 fully saturated rings. The minimum absolute atomic E-state index is 0.0688. The summed E-state index contributed by atoms with van der Waals surface area (Å²) in [5.41, 5.74) is 0.940. The van der Waals surface area contributed by atoms with E-state index in [9.17, 15) is 9.59 Å². The molecule has 0 unspecified atom stereocenters. The number of aromatic carboxylic acids is 2. The highest BCUT2D eigenvalue weighted by Gasteiger charge is 2.24. The highest BCUT2D eigenvalue weighted by molar-refractivity contribution is 5.88. The number of aromatic nitrogens is 2. The van der Waals surface area contributed by atoms with Gasteiger partial charge in [0.1, 0.15) is 0 Å². The topological polar surface area (TPSA) is 92.4 Å². The summed E-state index contributed by atoms with van der Waals surface area (Å²) in [4.78, 5) is 22.2. The van der Waals surface area contributed by atoms with Crippen LogP contribution >= 0.6 is 0 Å². The Morgan fingerprint density at radius 2 is 1.76 bits per heavy atom. The summed E-state index contributed by atoms with van der Waals surface area (Å²) in [7, 11) is 0. The van der Waals surface area contributed by atoms with Crippen LogP contribution in [0.3, 0.4) is 0 Å². The van der Waals surface area contributed by atoms with Crippen molar-refractivity contribution in [2.45, 2.75) is 26.2 Å². The van der Waals surface area contributed by atoms with Crippen LogP contribution in [0, 0.1) is 0 Å². The molecule has 2 N–H and O–H groups in total. The highest BCUT2D eigenvalue weighted by Crippen LogP contribution is 2.26. The third kappa shape index (κ3) is 2.94. The molecule has 0 atom stereocenters. The monoisotopic (exact) mass is 288 g/mol. The Hall–Kier alpha value is -2.63. The predicted octanol–water partition coefficient (Wildman–Crippen LogP) is 2.57. The molecule has 0 aliphatic rings. The molecule has 110 valence electrons. The smallest absolute Gasteiger partial charge is 0.356 e. The molecule has 1 aromatic carbocycles. The molecule has 0 aliphatic heterocycles. The van der Waals surface area contributed by atoms with Crippen molar-refractivity contribution in [3.8, 4) is 5.69 Å². The molecule has 6 heteroatoms. The number of nitrogens with zero attached hydrogens (tertiary/aromatic N) is 2. The lowest BCUT2D eigenvalue weighted by Gasteiger charge is -2.20. The highest BCUT2D eigenvalue weighted by atomic mass is 16.4. The van der Waals surface area contributed by atoms with Crippen molar-refractivity contribution in [2.24, 2.45) is 0 Å². The van der Waals surface area contributed by atoms with Crippen molar-refractivity contribution < 1.29 is 19.8 Å². The van der Waals surface area contributed by atoms with Gasteiger partial charge in [0.15, 0.2) is 5.69 Å². The van der Waals surface area contributed by atoms with Crippen LogP contribution < -0.4 is 0 Å². The molecule has 0 radical (unpaired) electrons. The fourth-order valence-electron chi connectivity index (χ4n) is 1.99. The van der Waals surface area contributed by atoms with Crippen LogP contribution in [-0.2, 0) is 5.41 Å². The molecular formula is C15H16N2O4. The SMILES string of the molecule is CC(C)(C)c1cc(C(=O)O)nn1-c1cccc(C(=O)O)c1. The second kappa shape index (κ2) is 5.05. The summed E-state index contributed by atoms with van der Waals surface area (Å²) in [5.74, 6) is -2.16. The van der Waals surface area contributed by atoms with Gasteiger partial charge in [0.05, 0.1) is 16.9 Å². The van der Waals surface area contributed by atoms with Gasteiger partial charge >= 0.3 is 11.9 Å². The van der Waals surface area contributed by atoms with Crippen LogP contribution in [0.4, 0.5) is 0 Å². The number of carboxylic acids is 2. The van der Waals surface area contributed by atoms with Gasteiger partial charge in [0.25, 0.3) is 0 Å². The largest absolute Gasteiger partial charge is 0.478 e. The van der Waals surface area contributed by atoms with E-state index in [1.54, 1.807) is 12.1 Å². The lowest BCUT2D eigenvalue weighted by Crippen LogP contribution is -2.17. The Morgan fingerprint density at radius 1 is 1.10 bits per heavy atom. The van der Waals surface area contributed by atoms with Gasteiger partial charge in [-0.2, -0.15) is 5.10 Å². The molecule has 1 aromatic heterocycles. The standard InChI is InChI=1S/C15H16N2O4/c1-15(2,3)12-8-11(14(20)21)16-17(12)10-6-4-5-9(7-10)13(18)19/h4-8H,1-3H3,(H,18,19)(H,20,21). The molecule has 2 rings (SSSR count). The van der Waals surface area contributed by atoms with E-state index in [1.165, 1.54) is 22.9 Å². The maximum absolute atomic E-state index is 11.1. The first-order chi connectivity index (χ1) is 9.70. The predicted molar refractivity (Wildman–Crippen MR) is 76.2 cm³/mol. The summed E-state index contributed by atoms with van der Waals surface area (Å²) in [5, 5.41) is 22.2. The molecule has 0 saturated carbocycles. The normalized spacial score (nSPS) is 11.4. The molecule has 0 spiro atoms. The van der Waals surface area contributed by atoms with Gasteiger partial charge in [0, 0.05) is 5.41 Å². The minimum Gasteiger partial charge on any atom is -0.478 e. The summed E-state index contributed by atoms with van der Waals surface area (Å²) in [6.07, 6.45) is 0. The first kappa shape index (κ1) is 14.8. The third-order valence-corrected chi connectivity index (χ3v) is 3.03. The van der Waals surface area contributed by atoms with Crippen molar-refractivity contribution in [3.63, 3.8) is 0 Å². The molecular weight excluding hydrogens is 272 g/mol. The molecule has 0 saturated heterocycles. The van der Waals surface area contributed by atoms with Crippen molar-refractivity contribution in [1.82, 2.24) is 9.78 Å². The first-order valence-electron chi connectivity index (χ1n) is 6.37. The van der Waals surface area contributed by atoms with Gasteiger partial charge in [0.2, 0.25) is 0 Å². The Labute approximate surface area is 121 Å². The second-order valence-electron chi connectivity index (χ2n) is 5.74. The van der Waals surface area contributed by atoms with E-state index in [-0.39, 0.29) is 16.7 Å². The fourth-order valence-corrected chi connectivity index (χ4v) is 1.99. The zero-order chi connectivity index (χ0) is 15.8. The third-order valence-electron chi connectivity index (χ3n) is 3.03. The average Bonchev–Trinajstić information content (AvgIpc) is 2.84. The van der Waals surface area contributed by atoms with Crippen molar-refractivity contribution in [2.75, 3.05) is 0 Å². The Balaban J connectivity index is 2.65. The molecule has 1 heterocycles. The fraction of sp³-hybridized carbons (Fsp3) is 0.267. The molecule has 0 bridgehead atoms. The van der Waals surface area contributed by atoms with Crippen LogP contribution in [0.2, 0.25) is 0 Å². The van der Waals surface area contributed by atoms with Crippen molar-refractivity contribution in [3.05, 3.63) is 47.3 Å². The zero-order valence-electron chi connectivity index (χ0n) is 12.0. The number of carboxylic acid groups (broad SMARTS) is 2. The quantitative estimate of drug-likeness (QED) is 0.905. The van der Waals surface area contributed by atoms with Crippen molar-refractivity contribution in [1.29, 1.82) is 0 Å². The minimum atomic E-state index is -1.12. The number of benzene rings is 1. The van der Waals surface area contributed by atoms with Gasteiger partial charge in [-0.15, -0.1) is 0 Å². The van der Waals surface area contributed by atoms with Crippen LogP contribution in [0.5, 0.6) is 0 Å². The lowest BCUT2D eigenvalue weighted by atomic mass is 9.91. The van der Waals surface area contributed by atoms with Crippen LogP contribution in [-0.4, -0.2) is 31.9 Å². The van der Waals surface area contributed by atoms with E-state index in [2.05, 4.69) is 5.10 Å². The lowest BCUT2D eigenvalue weighted by molar-refractivity contribution is 0.0681. The van der Waals surface area contributed by atoms with Gasteiger partial charge in [-0.1, -0.05) is 26.8 Å². The molecule has 0 amide bonds. The Bertz CT molecular complexity index is 711. The number of rotatable bonds is 3. The van der Waals surface area contributed by atoms with Crippen LogP contribution in [0.1, 0.15) is 47.3 Å². The molecule has 0 aliphatic carbocycles. The summed E-state index contributed by atoms with van der Waals surface area (Å²) >= 11 is 0. The summed E-state index contributed by atoms with van der Waals surface area (Å²) in [6, 6.07) is 7.75. The maximum Gasteiger partial charge on any atom is 0.356 e. The summed E-state index contributed by atoms with van der Waals surface area (Å²) in [6.45, 7) is 5.81. The van der Waals surface area contributed by atoms with E-state index in [1.807, 2.05) is 20.8 Å². The van der Waals surface area contributed by atoms with Crippen LogP contribution in [0.15, 0.2) is 30.3 Å². The van der Waals surface area contributed by atoms with E-state index in [0.717, 1.165) is 0 Å².